The van der Waals surface area contributed by atoms with Crippen LogP contribution in [-0.4, -0.2) is 0 Å². The molecule has 0 heteroatoms. The van der Waals surface area contributed by atoms with Gasteiger partial charge in [0.25, 0.3) is 0 Å². The minimum Gasteiger partial charge on any atom is -0.0622 e. The Bertz CT molecular complexity index is 3820. The van der Waals surface area contributed by atoms with Gasteiger partial charge in [-0.3, -0.25) is 0 Å². The highest BCUT2D eigenvalue weighted by molar-refractivity contribution is 6.26. The van der Waals surface area contributed by atoms with E-state index in [4.69, 9.17) is 0 Å². The molecule has 0 fully saturated rings. The Balaban J connectivity index is 1.07. The molecule has 0 heterocycles. The van der Waals surface area contributed by atoms with Crippen molar-refractivity contribution in [1.82, 2.24) is 0 Å². The fourth-order valence-electron chi connectivity index (χ4n) is 10.6. The molecule has 286 valence electrons. The molecule has 0 aliphatic rings. The van der Waals surface area contributed by atoms with Crippen LogP contribution in [0.25, 0.3) is 131 Å². The number of hydrogen-bond donors (Lipinski definition) is 0. The zero-order valence-electron chi connectivity index (χ0n) is 33.9. The fraction of sp³-hybridized carbons (Fsp3) is 0. The van der Waals surface area contributed by atoms with Crippen molar-refractivity contribution in [2.24, 2.45) is 0 Å². The Kier molecular flexibility index (Phi) is 7.71. The summed E-state index contributed by atoms with van der Waals surface area (Å²) >= 11 is 0. The third-order valence-corrected chi connectivity index (χ3v) is 13.4. The molecule has 0 atom stereocenters. The molecule has 0 N–H and O–H groups in total. The van der Waals surface area contributed by atoms with Crippen LogP contribution in [-0.2, 0) is 0 Å². The molecule has 62 heavy (non-hydrogen) atoms. The average Bonchev–Trinajstić information content (AvgIpc) is 3.34. The van der Waals surface area contributed by atoms with Gasteiger partial charge >= 0.3 is 0 Å². The molecule has 0 spiro atoms. The number of hydrogen-bond acceptors (Lipinski definition) is 0. The second kappa shape index (κ2) is 13.7. The van der Waals surface area contributed by atoms with Crippen molar-refractivity contribution in [2.75, 3.05) is 0 Å². The highest BCUT2D eigenvalue weighted by Crippen LogP contribution is 2.47. The molecule has 13 aromatic carbocycles. The van der Waals surface area contributed by atoms with E-state index in [1.807, 2.05) is 0 Å². The van der Waals surface area contributed by atoms with E-state index in [2.05, 4.69) is 231 Å². The van der Waals surface area contributed by atoms with E-state index in [-0.39, 0.29) is 0 Å². The van der Waals surface area contributed by atoms with Gasteiger partial charge in [-0.15, -0.1) is 0 Å². The lowest BCUT2D eigenvalue weighted by molar-refractivity contribution is 1.59. The van der Waals surface area contributed by atoms with Gasteiger partial charge in [0.05, 0.1) is 0 Å². The first-order valence-corrected chi connectivity index (χ1v) is 21.6. The number of fused-ring (bicyclic) bond motifs is 5. The minimum atomic E-state index is 1.19. The quantitative estimate of drug-likeness (QED) is 0.120. The first kappa shape index (κ1) is 34.8. The van der Waals surface area contributed by atoms with Gasteiger partial charge in [0, 0.05) is 0 Å². The van der Waals surface area contributed by atoms with Crippen LogP contribution in [0.15, 0.2) is 231 Å². The lowest BCUT2D eigenvalue weighted by Gasteiger charge is -2.20. The van der Waals surface area contributed by atoms with Crippen LogP contribution in [0, 0.1) is 0 Å². The first-order valence-electron chi connectivity index (χ1n) is 21.6. The van der Waals surface area contributed by atoms with Crippen molar-refractivity contribution < 1.29 is 0 Å². The topological polar surface area (TPSA) is 0 Å². The summed E-state index contributed by atoms with van der Waals surface area (Å²) in [5.74, 6) is 0. The molecular weight excluding hydrogens is 745 g/mol. The summed E-state index contributed by atoms with van der Waals surface area (Å²) in [6.07, 6.45) is 0. The fourth-order valence-corrected chi connectivity index (χ4v) is 10.6. The summed E-state index contributed by atoms with van der Waals surface area (Å²) in [7, 11) is 0. The zero-order chi connectivity index (χ0) is 40.7. The van der Waals surface area contributed by atoms with Crippen LogP contribution in [0.1, 0.15) is 0 Å². The Morgan fingerprint density at radius 3 is 1.35 bits per heavy atom. The van der Waals surface area contributed by atoms with Crippen LogP contribution in [0.3, 0.4) is 0 Å². The predicted octanol–water partition coefficient (Wildman–Crippen LogP) is 17.5. The van der Waals surface area contributed by atoms with Gasteiger partial charge in [0.15, 0.2) is 0 Å². The van der Waals surface area contributed by atoms with Crippen molar-refractivity contribution in [2.45, 2.75) is 0 Å². The Hall–Kier alpha value is -8.06. The third-order valence-electron chi connectivity index (χ3n) is 13.4. The van der Waals surface area contributed by atoms with Crippen molar-refractivity contribution in [1.29, 1.82) is 0 Å². The molecule has 0 aliphatic carbocycles. The van der Waals surface area contributed by atoms with Crippen molar-refractivity contribution in [3.8, 4) is 55.6 Å². The Morgan fingerprint density at radius 1 is 0.177 bits per heavy atom. The molecule has 0 saturated carbocycles. The summed E-state index contributed by atoms with van der Waals surface area (Å²) in [4.78, 5) is 0. The van der Waals surface area contributed by atoms with E-state index in [0.717, 1.165) is 0 Å². The molecule has 0 bridgehead atoms. The largest absolute Gasteiger partial charge is 0.0622 e. The van der Waals surface area contributed by atoms with Gasteiger partial charge in [0.1, 0.15) is 0 Å². The van der Waals surface area contributed by atoms with E-state index in [0.29, 0.717) is 0 Å². The highest BCUT2D eigenvalue weighted by Gasteiger charge is 2.20. The maximum atomic E-state index is 2.45. The van der Waals surface area contributed by atoms with Gasteiger partial charge in [-0.25, -0.2) is 0 Å². The van der Waals surface area contributed by atoms with Crippen LogP contribution in [0.2, 0.25) is 0 Å². The van der Waals surface area contributed by atoms with Crippen LogP contribution in [0.4, 0.5) is 0 Å². The van der Waals surface area contributed by atoms with Crippen LogP contribution >= 0.6 is 0 Å². The normalized spacial score (nSPS) is 11.9. The number of benzene rings is 13. The van der Waals surface area contributed by atoms with E-state index in [1.54, 1.807) is 0 Å². The summed E-state index contributed by atoms with van der Waals surface area (Å²) in [5, 5.41) is 17.9. The number of rotatable bonds is 5. The second-order valence-corrected chi connectivity index (χ2v) is 16.7. The van der Waals surface area contributed by atoms with Crippen LogP contribution in [0.5, 0.6) is 0 Å². The summed E-state index contributed by atoms with van der Waals surface area (Å²) < 4.78 is 0. The van der Waals surface area contributed by atoms with Gasteiger partial charge in [-0.2, -0.15) is 0 Å². The maximum absolute atomic E-state index is 2.45. The summed E-state index contributed by atoms with van der Waals surface area (Å²) in [6.45, 7) is 0. The smallest absolute Gasteiger partial charge is 0.00206 e. The monoisotopic (exact) mass is 782 g/mol. The molecule has 13 rings (SSSR count). The molecule has 0 radical (unpaired) electrons. The molecule has 13 aromatic rings. The second-order valence-electron chi connectivity index (χ2n) is 16.7. The SMILES string of the molecule is c1ccc(-c2c3ccccc3c(-c3cc(-c4ccc(-c5cc6ccccc6c6ccccc56)cc4)cc(-c4ccc5ccc6cccc7ccc4c5c67)c3)c3ccccc23)cc1. The Labute approximate surface area is 359 Å². The van der Waals surface area contributed by atoms with E-state index in [9.17, 15) is 0 Å². The highest BCUT2D eigenvalue weighted by atomic mass is 14.2. The van der Waals surface area contributed by atoms with Crippen molar-refractivity contribution in [3.63, 3.8) is 0 Å². The molecule has 0 aromatic heterocycles. The van der Waals surface area contributed by atoms with E-state index < -0.39 is 0 Å². The van der Waals surface area contributed by atoms with Crippen LogP contribution < -0.4 is 0 Å². The van der Waals surface area contributed by atoms with Crippen molar-refractivity contribution >= 4 is 75.4 Å². The molecule has 0 unspecified atom stereocenters. The van der Waals surface area contributed by atoms with Gasteiger partial charge in [0.2, 0.25) is 0 Å². The maximum Gasteiger partial charge on any atom is -0.00206 e. The Morgan fingerprint density at radius 2 is 0.661 bits per heavy atom. The van der Waals surface area contributed by atoms with Gasteiger partial charge < -0.3 is 0 Å². The third kappa shape index (κ3) is 5.34. The molecule has 0 aliphatic heterocycles. The zero-order valence-corrected chi connectivity index (χ0v) is 33.9. The van der Waals surface area contributed by atoms with Crippen molar-refractivity contribution in [3.05, 3.63) is 231 Å². The molecule has 0 nitrogen and oxygen atoms in total. The molecule has 0 amide bonds. The lowest BCUT2D eigenvalue weighted by atomic mass is 9.83. The summed E-state index contributed by atoms with van der Waals surface area (Å²) in [5.41, 5.74) is 12.3. The molecule has 0 saturated heterocycles. The lowest BCUT2D eigenvalue weighted by Crippen LogP contribution is -1.93. The summed E-state index contributed by atoms with van der Waals surface area (Å²) in [6, 6.07) is 85.8. The van der Waals surface area contributed by atoms with E-state index in [1.165, 1.54) is 131 Å². The average molecular weight is 783 g/mol. The van der Waals surface area contributed by atoms with Gasteiger partial charge in [-0.05, 0) is 155 Å². The standard InChI is InChI=1S/C62H38/c1-2-13-41(14-3-1)60-53-21-8-10-23-55(53)61(56-24-11-9-22-54(56)60)48-36-46(35-47(37-48)50-33-31-44-30-29-42-16-12-17-43-32-34-57(50)62(44)59(42)43)39-25-27-40(28-26-39)58-38-45-15-4-5-18-49(45)51-19-6-7-20-52(51)58/h1-38H. The van der Waals surface area contributed by atoms with Gasteiger partial charge in [-0.1, -0.05) is 206 Å². The predicted molar refractivity (Wildman–Crippen MR) is 267 cm³/mol. The van der Waals surface area contributed by atoms with E-state index >= 15 is 0 Å². The first-order chi connectivity index (χ1) is 30.7. The minimum absolute atomic E-state index is 1.19. The molecular formula is C62H38.